The molecule has 2 fully saturated rings. The Bertz CT molecular complexity index is 602. The van der Waals surface area contributed by atoms with E-state index in [1.165, 1.54) is 6.07 Å². The highest BCUT2D eigenvalue weighted by Gasteiger charge is 2.37. The molecule has 2 amide bonds. The lowest BCUT2D eigenvalue weighted by molar-refractivity contribution is 0.145. The summed E-state index contributed by atoms with van der Waals surface area (Å²) in [6.45, 7) is 3.80. The summed E-state index contributed by atoms with van der Waals surface area (Å²) in [5, 5.41) is 15.3. The predicted octanol–water partition coefficient (Wildman–Crippen LogP) is 2.77. The van der Waals surface area contributed by atoms with Gasteiger partial charge in [0.25, 0.3) is 0 Å². The van der Waals surface area contributed by atoms with Crippen LogP contribution in [0.1, 0.15) is 44.6 Å². The van der Waals surface area contributed by atoms with Gasteiger partial charge < -0.3 is 20.6 Å². The van der Waals surface area contributed by atoms with Crippen molar-refractivity contribution in [1.82, 2.24) is 10.6 Å². The number of carbonyl (C=O) groups excluding carboxylic acids is 1. The first kappa shape index (κ1) is 18.0. The molecule has 1 aromatic rings. The van der Waals surface area contributed by atoms with Gasteiger partial charge in [0.2, 0.25) is 0 Å². The van der Waals surface area contributed by atoms with E-state index in [-0.39, 0.29) is 18.0 Å². The molecule has 0 radical (unpaired) electrons. The zero-order chi connectivity index (χ0) is 17.8. The van der Waals surface area contributed by atoms with E-state index >= 15 is 0 Å². The molecule has 1 aromatic carbocycles. The minimum Gasteiger partial charge on any atom is -0.393 e. The second-order valence-electron chi connectivity index (χ2n) is 7.22. The molecule has 0 aromatic heterocycles. The van der Waals surface area contributed by atoms with Crippen molar-refractivity contribution in [3.8, 4) is 0 Å². The third kappa shape index (κ3) is 4.84. The maximum absolute atomic E-state index is 14.4. The van der Waals surface area contributed by atoms with Crippen molar-refractivity contribution in [2.24, 2.45) is 5.92 Å². The number of nitrogens with one attached hydrogen (secondary N) is 2. The highest BCUT2D eigenvalue weighted by atomic mass is 19.1. The van der Waals surface area contributed by atoms with Gasteiger partial charge in [0, 0.05) is 25.7 Å². The SMILES string of the molecule is CCCC1CC1NC(=O)NCc1ccc(N2CCC(O)CC2)c(F)c1. The van der Waals surface area contributed by atoms with Gasteiger partial charge in [-0.15, -0.1) is 0 Å². The van der Waals surface area contributed by atoms with Gasteiger partial charge in [0.05, 0.1) is 11.8 Å². The number of rotatable bonds is 6. The molecular formula is C19H28FN3O2. The zero-order valence-electron chi connectivity index (χ0n) is 14.8. The van der Waals surface area contributed by atoms with Gasteiger partial charge in [0.15, 0.2) is 0 Å². The van der Waals surface area contributed by atoms with E-state index < -0.39 is 0 Å². The van der Waals surface area contributed by atoms with Crippen LogP contribution < -0.4 is 15.5 Å². The second-order valence-corrected chi connectivity index (χ2v) is 7.22. The lowest BCUT2D eigenvalue weighted by Gasteiger charge is -2.31. The first-order valence-corrected chi connectivity index (χ1v) is 9.32. The topological polar surface area (TPSA) is 64.6 Å². The molecule has 0 bridgehead atoms. The first-order valence-electron chi connectivity index (χ1n) is 9.32. The molecule has 1 aliphatic heterocycles. The molecule has 1 heterocycles. The molecule has 2 aliphatic rings. The number of hydrogen-bond donors (Lipinski definition) is 3. The van der Waals surface area contributed by atoms with Crippen molar-refractivity contribution in [3.63, 3.8) is 0 Å². The molecule has 3 N–H and O–H groups in total. The van der Waals surface area contributed by atoms with Crippen LogP contribution in [0, 0.1) is 11.7 Å². The van der Waals surface area contributed by atoms with Crippen LogP contribution in [-0.2, 0) is 6.54 Å². The fourth-order valence-electron chi connectivity index (χ4n) is 3.54. The van der Waals surface area contributed by atoms with Crippen LogP contribution >= 0.6 is 0 Å². The van der Waals surface area contributed by atoms with Crippen LogP contribution in [0.5, 0.6) is 0 Å². The third-order valence-corrected chi connectivity index (χ3v) is 5.17. The van der Waals surface area contributed by atoms with Crippen LogP contribution in [0.15, 0.2) is 18.2 Å². The molecule has 138 valence electrons. The molecule has 2 atom stereocenters. The number of amides is 2. The number of piperidine rings is 1. The summed E-state index contributed by atoms with van der Waals surface area (Å²) in [6.07, 6.45) is 4.43. The van der Waals surface area contributed by atoms with Gasteiger partial charge in [-0.3, -0.25) is 0 Å². The lowest BCUT2D eigenvalue weighted by atomic mass is 10.1. The molecule has 5 nitrogen and oxygen atoms in total. The molecule has 1 aliphatic carbocycles. The van der Waals surface area contributed by atoms with E-state index in [4.69, 9.17) is 0 Å². The fraction of sp³-hybridized carbons (Fsp3) is 0.632. The number of aliphatic hydroxyl groups excluding tert-OH is 1. The fourth-order valence-corrected chi connectivity index (χ4v) is 3.54. The average Bonchev–Trinajstić information content (AvgIpc) is 3.32. The van der Waals surface area contributed by atoms with E-state index in [0.717, 1.165) is 24.8 Å². The number of hydrogen-bond acceptors (Lipinski definition) is 3. The van der Waals surface area contributed by atoms with Gasteiger partial charge in [-0.25, -0.2) is 9.18 Å². The highest BCUT2D eigenvalue weighted by molar-refractivity contribution is 5.74. The van der Waals surface area contributed by atoms with Gasteiger partial charge in [0.1, 0.15) is 5.82 Å². The monoisotopic (exact) mass is 349 g/mol. The Hall–Kier alpha value is -1.82. The van der Waals surface area contributed by atoms with E-state index in [1.807, 2.05) is 11.0 Å². The molecule has 1 saturated carbocycles. The normalized spacial score (nSPS) is 23.4. The van der Waals surface area contributed by atoms with Gasteiger partial charge >= 0.3 is 6.03 Å². The maximum atomic E-state index is 14.4. The summed E-state index contributed by atoms with van der Waals surface area (Å²) in [7, 11) is 0. The molecule has 25 heavy (non-hydrogen) atoms. The van der Waals surface area contributed by atoms with Crippen molar-refractivity contribution in [2.45, 2.75) is 57.7 Å². The molecule has 0 spiro atoms. The van der Waals surface area contributed by atoms with E-state index in [9.17, 15) is 14.3 Å². The zero-order valence-corrected chi connectivity index (χ0v) is 14.8. The molecular weight excluding hydrogens is 321 g/mol. The predicted molar refractivity (Wildman–Crippen MR) is 96.0 cm³/mol. The Morgan fingerprint density at radius 1 is 1.36 bits per heavy atom. The lowest BCUT2D eigenvalue weighted by Crippen LogP contribution is -2.37. The van der Waals surface area contributed by atoms with Crippen molar-refractivity contribution in [2.75, 3.05) is 18.0 Å². The standard InChI is InChI=1S/C19H28FN3O2/c1-2-3-14-11-17(14)22-19(25)21-12-13-4-5-18(16(20)10-13)23-8-6-15(24)7-9-23/h4-5,10,14-15,17,24H,2-3,6-9,11-12H2,1H3,(H2,21,22,25). The number of aliphatic hydroxyl groups is 1. The molecule has 3 rings (SSSR count). The van der Waals surface area contributed by atoms with Crippen molar-refractivity contribution in [1.29, 1.82) is 0 Å². The van der Waals surface area contributed by atoms with E-state index in [1.54, 1.807) is 6.07 Å². The summed E-state index contributed by atoms with van der Waals surface area (Å²) in [5.74, 6) is 0.344. The number of halogens is 1. The smallest absolute Gasteiger partial charge is 0.315 e. The second kappa shape index (κ2) is 8.04. The Balaban J connectivity index is 1.47. The molecule has 1 saturated heterocycles. The quantitative estimate of drug-likeness (QED) is 0.740. The highest BCUT2D eigenvalue weighted by Crippen LogP contribution is 2.34. The van der Waals surface area contributed by atoms with Crippen LogP contribution in [0.4, 0.5) is 14.9 Å². The Morgan fingerprint density at radius 2 is 2.12 bits per heavy atom. The summed E-state index contributed by atoms with van der Waals surface area (Å²) in [4.78, 5) is 13.9. The number of nitrogens with zero attached hydrogens (tertiary/aromatic N) is 1. The van der Waals surface area contributed by atoms with Crippen molar-refractivity contribution in [3.05, 3.63) is 29.6 Å². The summed E-state index contributed by atoms with van der Waals surface area (Å²) >= 11 is 0. The minimum atomic E-state index is -0.277. The molecule has 6 heteroatoms. The summed E-state index contributed by atoms with van der Waals surface area (Å²) < 4.78 is 14.4. The number of anilines is 1. The van der Waals surface area contributed by atoms with E-state index in [2.05, 4.69) is 17.6 Å². The van der Waals surface area contributed by atoms with Crippen LogP contribution in [0.2, 0.25) is 0 Å². The largest absolute Gasteiger partial charge is 0.393 e. The maximum Gasteiger partial charge on any atom is 0.315 e. The summed E-state index contributed by atoms with van der Waals surface area (Å²) in [5.41, 5.74) is 1.31. The summed E-state index contributed by atoms with van der Waals surface area (Å²) in [6, 6.07) is 5.21. The van der Waals surface area contributed by atoms with Crippen LogP contribution in [0.3, 0.4) is 0 Å². The van der Waals surface area contributed by atoms with Gasteiger partial charge in [-0.2, -0.15) is 0 Å². The molecule has 2 unspecified atom stereocenters. The van der Waals surface area contributed by atoms with Gasteiger partial charge in [-0.05, 0) is 49.3 Å². The van der Waals surface area contributed by atoms with Crippen molar-refractivity contribution >= 4 is 11.7 Å². The minimum absolute atomic E-state index is 0.182. The number of urea groups is 1. The Labute approximate surface area is 148 Å². The van der Waals surface area contributed by atoms with Crippen molar-refractivity contribution < 1.29 is 14.3 Å². The number of carbonyl (C=O) groups is 1. The van der Waals surface area contributed by atoms with Gasteiger partial charge in [-0.1, -0.05) is 19.4 Å². The third-order valence-electron chi connectivity index (χ3n) is 5.17. The van der Waals surface area contributed by atoms with Crippen LogP contribution in [-0.4, -0.2) is 36.4 Å². The average molecular weight is 349 g/mol. The van der Waals surface area contributed by atoms with E-state index in [0.29, 0.717) is 50.1 Å². The Morgan fingerprint density at radius 3 is 2.80 bits per heavy atom. The van der Waals surface area contributed by atoms with Crippen LogP contribution in [0.25, 0.3) is 0 Å². The number of benzene rings is 1. The first-order chi connectivity index (χ1) is 12.1. The Kier molecular flexibility index (Phi) is 5.78.